The van der Waals surface area contributed by atoms with Crippen LogP contribution in [0.3, 0.4) is 0 Å². The van der Waals surface area contributed by atoms with Crippen LogP contribution < -0.4 is 10.6 Å². The molecule has 3 aromatic rings. The zero-order chi connectivity index (χ0) is 17.9. The van der Waals surface area contributed by atoms with Gasteiger partial charge in [0.05, 0.1) is 12.0 Å². The molecule has 0 aliphatic carbocycles. The summed E-state index contributed by atoms with van der Waals surface area (Å²) >= 11 is 0. The van der Waals surface area contributed by atoms with Gasteiger partial charge in [-0.2, -0.15) is 0 Å². The molecule has 1 aliphatic heterocycles. The third-order valence-electron chi connectivity index (χ3n) is 5.41. The normalized spacial score (nSPS) is 20.8. The summed E-state index contributed by atoms with van der Waals surface area (Å²) in [5, 5.41) is 9.07. The highest BCUT2D eigenvalue weighted by Gasteiger charge is 2.34. The Morgan fingerprint density at radius 3 is 2.50 bits per heavy atom. The van der Waals surface area contributed by atoms with Crippen LogP contribution in [0.4, 0.5) is 0 Å². The quantitative estimate of drug-likeness (QED) is 0.750. The molecule has 1 heterocycles. The molecule has 3 nitrogen and oxygen atoms in total. The van der Waals surface area contributed by atoms with E-state index in [0.29, 0.717) is 0 Å². The van der Waals surface area contributed by atoms with Crippen LogP contribution in [0.2, 0.25) is 0 Å². The van der Waals surface area contributed by atoms with Crippen molar-refractivity contribution in [2.24, 2.45) is 5.92 Å². The number of fused-ring (bicyclic) bond motifs is 1. The maximum Gasteiger partial charge on any atom is 0.225 e. The first-order valence-corrected chi connectivity index (χ1v) is 9.27. The van der Waals surface area contributed by atoms with Crippen LogP contribution >= 0.6 is 0 Å². The first kappa shape index (κ1) is 16.8. The van der Waals surface area contributed by atoms with E-state index in [0.717, 1.165) is 18.7 Å². The Hall–Kier alpha value is -2.65. The topological polar surface area (TPSA) is 41.1 Å². The van der Waals surface area contributed by atoms with Gasteiger partial charge in [0.15, 0.2) is 0 Å². The number of carbonyl (C=O) groups is 1. The molecule has 4 rings (SSSR count). The predicted octanol–water partition coefficient (Wildman–Crippen LogP) is 4.02. The van der Waals surface area contributed by atoms with Crippen molar-refractivity contribution in [3.8, 4) is 0 Å². The molecule has 1 fully saturated rings. The van der Waals surface area contributed by atoms with Gasteiger partial charge in [-0.25, -0.2) is 0 Å². The molecule has 3 heteroatoms. The fourth-order valence-electron chi connectivity index (χ4n) is 3.89. The van der Waals surface area contributed by atoms with Gasteiger partial charge in [-0.15, -0.1) is 0 Å². The summed E-state index contributed by atoms with van der Waals surface area (Å²) in [5.41, 5.74) is 2.37. The van der Waals surface area contributed by atoms with Crippen LogP contribution in [-0.2, 0) is 4.79 Å². The maximum atomic E-state index is 12.9. The first-order valence-electron chi connectivity index (χ1n) is 9.27. The fraction of sp³-hybridized carbons (Fsp3) is 0.261. The lowest BCUT2D eigenvalue weighted by Gasteiger charge is -2.22. The van der Waals surface area contributed by atoms with E-state index >= 15 is 0 Å². The predicted molar refractivity (Wildman–Crippen MR) is 106 cm³/mol. The van der Waals surface area contributed by atoms with Crippen LogP contribution in [-0.4, -0.2) is 19.0 Å². The number of benzene rings is 3. The minimum Gasteiger partial charge on any atom is -0.349 e. The molecule has 26 heavy (non-hydrogen) atoms. The molecule has 2 N–H and O–H groups in total. The average molecular weight is 344 g/mol. The van der Waals surface area contributed by atoms with Gasteiger partial charge in [0.1, 0.15) is 0 Å². The van der Waals surface area contributed by atoms with Gasteiger partial charge in [-0.05, 0) is 28.8 Å². The average Bonchev–Trinajstić information content (AvgIpc) is 3.18. The smallest absolute Gasteiger partial charge is 0.225 e. The van der Waals surface area contributed by atoms with E-state index in [-0.39, 0.29) is 23.8 Å². The Labute approximate surface area is 154 Å². The zero-order valence-electron chi connectivity index (χ0n) is 15.0. The zero-order valence-corrected chi connectivity index (χ0v) is 15.0. The molecule has 3 aromatic carbocycles. The van der Waals surface area contributed by atoms with Gasteiger partial charge in [-0.3, -0.25) is 4.79 Å². The summed E-state index contributed by atoms with van der Waals surface area (Å²) in [6.45, 7) is 3.61. The van der Waals surface area contributed by atoms with Crippen molar-refractivity contribution < 1.29 is 4.79 Å². The van der Waals surface area contributed by atoms with Crippen molar-refractivity contribution >= 4 is 16.7 Å². The number of rotatable bonds is 4. The van der Waals surface area contributed by atoms with Crippen molar-refractivity contribution in [1.29, 1.82) is 0 Å². The number of nitrogens with one attached hydrogen (secondary N) is 2. The van der Waals surface area contributed by atoms with Crippen LogP contribution in [0.5, 0.6) is 0 Å². The van der Waals surface area contributed by atoms with Gasteiger partial charge < -0.3 is 10.6 Å². The van der Waals surface area contributed by atoms with Gasteiger partial charge >= 0.3 is 0 Å². The molecule has 1 amide bonds. The maximum absolute atomic E-state index is 12.9. The molecular formula is C23H24N2O. The molecule has 0 aromatic heterocycles. The van der Waals surface area contributed by atoms with E-state index in [1.165, 1.54) is 16.3 Å². The Morgan fingerprint density at radius 1 is 0.962 bits per heavy atom. The standard InChI is InChI=1S/C23H24N2O/c1-16(17-7-3-2-4-8-17)25-23(26)22-15-24-14-21(22)20-12-11-18-9-5-6-10-19(18)13-20/h2-13,16,21-22,24H,14-15H2,1H3,(H,25,26). The second kappa shape index (κ2) is 7.30. The van der Waals surface area contributed by atoms with Crippen LogP contribution in [0.1, 0.15) is 30.0 Å². The second-order valence-electron chi connectivity index (χ2n) is 7.12. The molecular weight excluding hydrogens is 320 g/mol. The van der Waals surface area contributed by atoms with Gasteiger partial charge in [-0.1, -0.05) is 72.8 Å². The minimum atomic E-state index is -0.0395. The van der Waals surface area contributed by atoms with Crippen LogP contribution in [0, 0.1) is 5.92 Å². The van der Waals surface area contributed by atoms with E-state index < -0.39 is 0 Å². The van der Waals surface area contributed by atoms with Crippen molar-refractivity contribution in [3.63, 3.8) is 0 Å². The summed E-state index contributed by atoms with van der Waals surface area (Å²) in [6.07, 6.45) is 0. The van der Waals surface area contributed by atoms with Gasteiger partial charge in [0, 0.05) is 19.0 Å². The monoisotopic (exact) mass is 344 g/mol. The largest absolute Gasteiger partial charge is 0.349 e. The summed E-state index contributed by atoms with van der Waals surface area (Å²) in [6, 6.07) is 25.1. The summed E-state index contributed by atoms with van der Waals surface area (Å²) < 4.78 is 0. The second-order valence-corrected chi connectivity index (χ2v) is 7.12. The van der Waals surface area contributed by atoms with Gasteiger partial charge in [0.25, 0.3) is 0 Å². The molecule has 3 atom stereocenters. The number of amides is 1. The van der Waals surface area contributed by atoms with Crippen LogP contribution in [0.15, 0.2) is 72.8 Å². The molecule has 0 spiro atoms. The molecule has 0 bridgehead atoms. The number of hydrogen-bond donors (Lipinski definition) is 2. The first-order chi connectivity index (χ1) is 12.7. The SMILES string of the molecule is CC(NC(=O)C1CNCC1c1ccc2ccccc2c1)c1ccccc1. The Morgan fingerprint density at radius 2 is 1.69 bits per heavy atom. The van der Waals surface area contributed by atoms with E-state index in [1.807, 2.05) is 25.1 Å². The van der Waals surface area contributed by atoms with Crippen molar-refractivity contribution in [2.45, 2.75) is 18.9 Å². The Bertz CT molecular complexity index is 906. The fourth-order valence-corrected chi connectivity index (χ4v) is 3.89. The van der Waals surface area contributed by atoms with Crippen molar-refractivity contribution in [1.82, 2.24) is 10.6 Å². The molecule has 1 aliphatic rings. The van der Waals surface area contributed by atoms with E-state index in [4.69, 9.17) is 0 Å². The summed E-state index contributed by atoms with van der Waals surface area (Å²) in [4.78, 5) is 12.9. The molecule has 1 saturated heterocycles. The minimum absolute atomic E-state index is 0.0153. The molecule has 132 valence electrons. The highest BCUT2D eigenvalue weighted by molar-refractivity contribution is 5.84. The van der Waals surface area contributed by atoms with E-state index in [2.05, 4.69) is 65.2 Å². The lowest BCUT2D eigenvalue weighted by atomic mass is 9.87. The molecule has 0 radical (unpaired) electrons. The number of carbonyl (C=O) groups excluding carboxylic acids is 1. The lowest BCUT2D eigenvalue weighted by Crippen LogP contribution is -2.36. The summed E-state index contributed by atoms with van der Waals surface area (Å²) in [5.74, 6) is 0.300. The summed E-state index contributed by atoms with van der Waals surface area (Å²) in [7, 11) is 0. The Kier molecular flexibility index (Phi) is 4.72. The lowest BCUT2D eigenvalue weighted by molar-refractivity contribution is -0.125. The van der Waals surface area contributed by atoms with Crippen molar-refractivity contribution in [2.75, 3.05) is 13.1 Å². The van der Waals surface area contributed by atoms with E-state index in [1.54, 1.807) is 0 Å². The highest BCUT2D eigenvalue weighted by Crippen LogP contribution is 2.31. The van der Waals surface area contributed by atoms with Crippen molar-refractivity contribution in [3.05, 3.63) is 83.9 Å². The third kappa shape index (κ3) is 3.35. The highest BCUT2D eigenvalue weighted by atomic mass is 16.2. The molecule has 0 saturated carbocycles. The van der Waals surface area contributed by atoms with Gasteiger partial charge in [0.2, 0.25) is 5.91 Å². The van der Waals surface area contributed by atoms with Crippen LogP contribution in [0.25, 0.3) is 10.8 Å². The third-order valence-corrected chi connectivity index (χ3v) is 5.41. The number of hydrogen-bond acceptors (Lipinski definition) is 2. The van der Waals surface area contributed by atoms with E-state index in [9.17, 15) is 4.79 Å². The Balaban J connectivity index is 1.52. The molecule has 3 unspecified atom stereocenters.